The SMILES string of the molecule is Cn1cc(C#N)[nH]c1=O. The molecule has 0 spiro atoms. The Bertz CT molecular complexity index is 301. The Hall–Kier alpha value is -1.50. The Balaban J connectivity index is 3.33. The Labute approximate surface area is 51.4 Å². The number of nitrogens with one attached hydrogen (secondary N) is 1. The first kappa shape index (κ1) is 5.63. The van der Waals surface area contributed by atoms with Gasteiger partial charge in [-0.05, 0) is 0 Å². The van der Waals surface area contributed by atoms with Gasteiger partial charge in [0, 0.05) is 13.2 Å². The monoisotopic (exact) mass is 123 g/mol. The minimum atomic E-state index is -0.258. The lowest BCUT2D eigenvalue weighted by Crippen LogP contribution is -2.11. The second-order valence-corrected chi connectivity index (χ2v) is 1.70. The fraction of sp³-hybridized carbons (Fsp3) is 0.200. The molecule has 0 amide bonds. The summed E-state index contributed by atoms with van der Waals surface area (Å²) < 4.78 is 1.32. The number of hydrogen-bond acceptors (Lipinski definition) is 2. The van der Waals surface area contributed by atoms with Crippen molar-refractivity contribution >= 4 is 0 Å². The van der Waals surface area contributed by atoms with Gasteiger partial charge in [0.15, 0.2) is 0 Å². The number of aryl methyl sites for hydroxylation is 1. The van der Waals surface area contributed by atoms with Crippen molar-refractivity contribution in [3.8, 4) is 6.07 Å². The molecule has 4 nitrogen and oxygen atoms in total. The van der Waals surface area contributed by atoms with E-state index >= 15 is 0 Å². The molecule has 1 aromatic heterocycles. The molecule has 0 unspecified atom stereocenters. The lowest BCUT2D eigenvalue weighted by atomic mass is 10.5. The van der Waals surface area contributed by atoms with Gasteiger partial charge in [-0.25, -0.2) is 4.79 Å². The highest BCUT2D eigenvalue weighted by Crippen LogP contribution is 1.82. The number of imidazole rings is 1. The van der Waals surface area contributed by atoms with Crippen molar-refractivity contribution in [2.24, 2.45) is 7.05 Å². The summed E-state index contributed by atoms with van der Waals surface area (Å²) in [5.74, 6) is 0. The summed E-state index contributed by atoms with van der Waals surface area (Å²) in [6, 6.07) is 1.81. The molecular formula is C5H5N3O. The van der Waals surface area contributed by atoms with Crippen LogP contribution in [0.5, 0.6) is 0 Å². The third-order valence-electron chi connectivity index (χ3n) is 1.01. The highest BCUT2D eigenvalue weighted by molar-refractivity contribution is 5.15. The van der Waals surface area contributed by atoms with Crippen molar-refractivity contribution in [1.82, 2.24) is 9.55 Å². The van der Waals surface area contributed by atoms with Crippen molar-refractivity contribution in [3.05, 3.63) is 22.4 Å². The largest absolute Gasteiger partial charge is 0.326 e. The summed E-state index contributed by atoms with van der Waals surface area (Å²) in [4.78, 5) is 12.9. The molecule has 0 aromatic carbocycles. The first-order chi connectivity index (χ1) is 4.24. The van der Waals surface area contributed by atoms with Gasteiger partial charge in [-0.2, -0.15) is 5.26 Å². The minimum Gasteiger partial charge on any atom is -0.301 e. The lowest BCUT2D eigenvalue weighted by Gasteiger charge is -1.76. The molecule has 1 N–H and O–H groups in total. The van der Waals surface area contributed by atoms with Crippen LogP contribution in [0.15, 0.2) is 11.0 Å². The fourth-order valence-corrected chi connectivity index (χ4v) is 0.545. The Kier molecular flexibility index (Phi) is 1.12. The van der Waals surface area contributed by atoms with Gasteiger partial charge in [0.1, 0.15) is 11.8 Å². The molecule has 0 bridgehead atoms. The molecule has 0 aliphatic heterocycles. The highest BCUT2D eigenvalue weighted by atomic mass is 16.1. The third kappa shape index (κ3) is 0.842. The predicted octanol–water partition coefficient (Wildman–Crippen LogP) is -0.415. The van der Waals surface area contributed by atoms with Crippen molar-refractivity contribution in [2.75, 3.05) is 0 Å². The maximum Gasteiger partial charge on any atom is 0.326 e. The van der Waals surface area contributed by atoms with Crippen molar-refractivity contribution in [2.45, 2.75) is 0 Å². The van der Waals surface area contributed by atoms with Crippen molar-refractivity contribution in [1.29, 1.82) is 5.26 Å². The van der Waals surface area contributed by atoms with Crippen LogP contribution in [-0.2, 0) is 7.05 Å². The lowest BCUT2D eigenvalue weighted by molar-refractivity contribution is 0.862. The number of nitrogens with zero attached hydrogens (tertiary/aromatic N) is 2. The molecule has 0 fully saturated rings. The summed E-state index contributed by atoms with van der Waals surface area (Å²) in [5.41, 5.74) is 0.0362. The summed E-state index contributed by atoms with van der Waals surface area (Å²) in [6.45, 7) is 0. The van der Waals surface area contributed by atoms with E-state index in [2.05, 4.69) is 4.98 Å². The van der Waals surface area contributed by atoms with Gasteiger partial charge in [0.05, 0.1) is 0 Å². The highest BCUT2D eigenvalue weighted by Gasteiger charge is 1.94. The number of aromatic amines is 1. The summed E-state index contributed by atoms with van der Waals surface area (Å²) >= 11 is 0. The second-order valence-electron chi connectivity index (χ2n) is 1.70. The topological polar surface area (TPSA) is 61.6 Å². The molecule has 0 radical (unpaired) electrons. The number of rotatable bonds is 0. The van der Waals surface area contributed by atoms with Gasteiger partial charge in [0.25, 0.3) is 0 Å². The normalized spacial score (nSPS) is 8.89. The van der Waals surface area contributed by atoms with Crippen LogP contribution in [0.25, 0.3) is 0 Å². The molecule has 1 aromatic rings. The van der Waals surface area contributed by atoms with E-state index in [9.17, 15) is 4.79 Å². The summed E-state index contributed by atoms with van der Waals surface area (Å²) in [5, 5.41) is 8.24. The second kappa shape index (κ2) is 1.78. The average molecular weight is 123 g/mol. The maximum atomic E-state index is 10.6. The van der Waals surface area contributed by atoms with Crippen LogP contribution in [0.3, 0.4) is 0 Å². The Morgan fingerprint density at radius 2 is 2.56 bits per heavy atom. The van der Waals surface area contributed by atoms with Crippen LogP contribution >= 0.6 is 0 Å². The molecule has 1 rings (SSSR count). The zero-order valence-corrected chi connectivity index (χ0v) is 4.88. The predicted molar refractivity (Wildman–Crippen MR) is 30.7 cm³/mol. The number of H-pyrrole nitrogens is 1. The molecule has 0 saturated carbocycles. The van der Waals surface area contributed by atoms with E-state index in [4.69, 9.17) is 5.26 Å². The molecule has 0 atom stereocenters. The molecule has 4 heteroatoms. The summed E-state index contributed by atoms with van der Waals surface area (Å²) in [7, 11) is 1.58. The summed E-state index contributed by atoms with van der Waals surface area (Å²) in [6.07, 6.45) is 1.45. The van der Waals surface area contributed by atoms with Crippen LogP contribution in [-0.4, -0.2) is 9.55 Å². The van der Waals surface area contributed by atoms with E-state index in [1.165, 1.54) is 10.8 Å². The van der Waals surface area contributed by atoms with Crippen molar-refractivity contribution < 1.29 is 0 Å². The number of hydrogen-bond donors (Lipinski definition) is 1. The number of nitriles is 1. The minimum absolute atomic E-state index is 0.258. The van der Waals surface area contributed by atoms with Crippen LogP contribution in [0, 0.1) is 11.3 Å². The first-order valence-corrected chi connectivity index (χ1v) is 2.40. The van der Waals surface area contributed by atoms with E-state index in [1.807, 2.05) is 6.07 Å². The maximum absolute atomic E-state index is 10.6. The quantitative estimate of drug-likeness (QED) is 0.509. The van der Waals surface area contributed by atoms with Gasteiger partial charge in [0.2, 0.25) is 0 Å². The van der Waals surface area contributed by atoms with E-state index in [0.29, 0.717) is 5.69 Å². The average Bonchev–Trinajstić information content (AvgIpc) is 2.13. The smallest absolute Gasteiger partial charge is 0.301 e. The third-order valence-corrected chi connectivity index (χ3v) is 1.01. The molecule has 1 heterocycles. The van der Waals surface area contributed by atoms with Crippen LogP contribution < -0.4 is 5.69 Å². The van der Waals surface area contributed by atoms with Crippen LogP contribution in [0.1, 0.15) is 5.69 Å². The van der Waals surface area contributed by atoms with E-state index < -0.39 is 0 Å². The zero-order valence-electron chi connectivity index (χ0n) is 4.88. The molecule has 9 heavy (non-hydrogen) atoms. The number of aromatic nitrogens is 2. The Morgan fingerprint density at radius 1 is 1.89 bits per heavy atom. The van der Waals surface area contributed by atoms with E-state index in [1.54, 1.807) is 7.05 Å². The van der Waals surface area contributed by atoms with Gasteiger partial charge >= 0.3 is 5.69 Å². The van der Waals surface area contributed by atoms with E-state index in [0.717, 1.165) is 0 Å². The zero-order chi connectivity index (χ0) is 6.85. The van der Waals surface area contributed by atoms with Crippen LogP contribution in [0.4, 0.5) is 0 Å². The molecule has 0 aliphatic rings. The molecule has 0 saturated heterocycles. The van der Waals surface area contributed by atoms with Gasteiger partial charge in [-0.1, -0.05) is 0 Å². The van der Waals surface area contributed by atoms with E-state index in [-0.39, 0.29) is 5.69 Å². The Morgan fingerprint density at radius 3 is 2.78 bits per heavy atom. The fourth-order valence-electron chi connectivity index (χ4n) is 0.545. The van der Waals surface area contributed by atoms with Gasteiger partial charge in [-0.15, -0.1) is 0 Å². The van der Waals surface area contributed by atoms with Crippen molar-refractivity contribution in [3.63, 3.8) is 0 Å². The van der Waals surface area contributed by atoms with Gasteiger partial charge < -0.3 is 4.57 Å². The molecule has 0 aliphatic carbocycles. The standard InChI is InChI=1S/C5H5N3O/c1-8-3-4(2-6)7-5(8)9/h3H,1H3,(H,7,9). The molecule has 46 valence electrons. The van der Waals surface area contributed by atoms with Gasteiger partial charge in [-0.3, -0.25) is 4.98 Å². The van der Waals surface area contributed by atoms with Crippen LogP contribution in [0.2, 0.25) is 0 Å². The first-order valence-electron chi connectivity index (χ1n) is 2.40. The molecular weight excluding hydrogens is 118 g/mol.